The molecular weight excluding hydrogens is 318 g/mol. The Hall–Kier alpha value is -2.16. The number of nitrogens with one attached hydrogen (secondary N) is 1. The van der Waals surface area contributed by atoms with Gasteiger partial charge in [-0.15, -0.1) is 0 Å². The van der Waals surface area contributed by atoms with Gasteiger partial charge in [0.2, 0.25) is 0 Å². The molecule has 0 atom stereocenters. The van der Waals surface area contributed by atoms with Gasteiger partial charge < -0.3 is 5.32 Å². The monoisotopic (exact) mass is 344 g/mol. The van der Waals surface area contributed by atoms with Crippen molar-refractivity contribution in [3.05, 3.63) is 95.5 Å². The lowest BCUT2D eigenvalue weighted by atomic mass is 10.1. The Morgan fingerprint density at radius 3 is 1.48 bits per heavy atom. The van der Waals surface area contributed by atoms with Crippen LogP contribution in [0, 0.1) is 5.54 Å². The van der Waals surface area contributed by atoms with E-state index < -0.39 is 9.52 Å². The molecule has 1 N–H and O–H groups in total. The molecule has 0 bridgehead atoms. The fourth-order valence-electron chi connectivity index (χ4n) is 3.35. The van der Waals surface area contributed by atoms with Crippen LogP contribution in [0.15, 0.2) is 78.9 Å². The maximum atomic E-state index is 3.11. The lowest BCUT2D eigenvalue weighted by molar-refractivity contribution is 0.762. The Balaban J connectivity index is 0.000000324. The summed E-state index contributed by atoms with van der Waals surface area (Å²) in [5.41, 5.74) is 7.29. The van der Waals surface area contributed by atoms with Crippen molar-refractivity contribution >= 4 is 14.7 Å². The van der Waals surface area contributed by atoms with Gasteiger partial charge in [-0.25, -0.2) is 0 Å². The third-order valence-corrected chi connectivity index (χ3v) is 6.51. The molecule has 1 radical (unpaired) electrons. The topological polar surface area (TPSA) is 12.0 Å². The van der Waals surface area contributed by atoms with Crippen LogP contribution in [0.3, 0.4) is 0 Å². The van der Waals surface area contributed by atoms with Gasteiger partial charge in [-0.2, -0.15) is 0 Å². The molecule has 25 heavy (non-hydrogen) atoms. The van der Waals surface area contributed by atoms with Crippen LogP contribution >= 0.6 is 0 Å². The van der Waals surface area contributed by atoms with E-state index in [1.54, 1.807) is 5.54 Å². The third-order valence-electron chi connectivity index (χ3n) is 4.52. The van der Waals surface area contributed by atoms with Gasteiger partial charge >= 0.3 is 0 Å². The zero-order valence-corrected chi connectivity index (χ0v) is 16.5. The van der Waals surface area contributed by atoms with E-state index in [-0.39, 0.29) is 0 Å². The summed E-state index contributed by atoms with van der Waals surface area (Å²) in [5.74, 6) is 0. The number of rotatable bonds is 4. The molecule has 3 aromatic rings. The zero-order valence-electron chi connectivity index (χ0n) is 15.1. The summed E-state index contributed by atoms with van der Waals surface area (Å²) in [6.45, 7) is 6.39. The summed E-state index contributed by atoms with van der Waals surface area (Å²) in [7, 11) is -0.436. The van der Waals surface area contributed by atoms with Crippen molar-refractivity contribution in [2.24, 2.45) is 0 Å². The summed E-state index contributed by atoms with van der Waals surface area (Å²) in [4.78, 5) is 0. The summed E-state index contributed by atoms with van der Waals surface area (Å²) in [6, 6.07) is 28.6. The van der Waals surface area contributed by atoms with Crippen molar-refractivity contribution in [2.45, 2.75) is 13.8 Å². The van der Waals surface area contributed by atoms with E-state index >= 15 is 0 Å². The van der Waals surface area contributed by atoms with Crippen molar-refractivity contribution in [2.75, 3.05) is 13.1 Å². The molecule has 1 nitrogen and oxygen atoms in total. The second-order valence-corrected chi connectivity index (χ2v) is 8.07. The van der Waals surface area contributed by atoms with Crippen LogP contribution in [0.5, 0.6) is 0 Å². The van der Waals surface area contributed by atoms with Crippen LogP contribution in [0.25, 0.3) is 11.1 Å². The van der Waals surface area contributed by atoms with Gasteiger partial charge in [0.15, 0.2) is 0 Å². The van der Waals surface area contributed by atoms with E-state index in [1.165, 1.54) is 27.4 Å². The normalized spacial score (nSPS) is 12.6. The maximum absolute atomic E-state index is 3.11. The molecule has 0 amide bonds. The van der Waals surface area contributed by atoms with E-state index in [9.17, 15) is 0 Å². The third kappa shape index (κ3) is 4.09. The first-order chi connectivity index (χ1) is 12.3. The second-order valence-electron chi connectivity index (χ2n) is 6.19. The highest BCUT2D eigenvalue weighted by Gasteiger charge is 2.28. The summed E-state index contributed by atoms with van der Waals surface area (Å²) >= 11 is 0. The lowest BCUT2D eigenvalue weighted by Gasteiger charge is -2.12. The minimum atomic E-state index is -0.436. The molecule has 1 aliphatic rings. The molecule has 0 aromatic heterocycles. The minimum Gasteiger partial charge on any atom is -0.317 e. The predicted molar refractivity (Wildman–Crippen MR) is 112 cm³/mol. The first-order valence-corrected chi connectivity index (χ1v) is 10.6. The largest absolute Gasteiger partial charge is 0.317 e. The standard InChI is InChI=1S/C19H15Si.C4H11N/c1-2-8-14(9-3-1)20-19-17-12-6-4-10-15(17)16-11-5-7-13-18(16)19;1-3-5-4-2/h1-13H,20H2;5H,3-4H2,1-2H3. The number of benzene rings is 3. The van der Waals surface area contributed by atoms with E-state index in [1.807, 2.05) is 0 Å². The van der Waals surface area contributed by atoms with Gasteiger partial charge in [0.1, 0.15) is 0 Å². The summed E-state index contributed by atoms with van der Waals surface area (Å²) in [6.07, 6.45) is 0. The fourth-order valence-corrected chi connectivity index (χ4v) is 5.26. The van der Waals surface area contributed by atoms with Gasteiger partial charge in [-0.3, -0.25) is 0 Å². The van der Waals surface area contributed by atoms with Crippen LogP contribution in [0.2, 0.25) is 0 Å². The molecule has 3 aromatic carbocycles. The average Bonchev–Trinajstić information content (AvgIpc) is 2.98. The molecule has 0 heterocycles. The quantitative estimate of drug-likeness (QED) is 0.712. The number of hydrogen-bond acceptors (Lipinski definition) is 1. The van der Waals surface area contributed by atoms with Crippen molar-refractivity contribution in [3.8, 4) is 11.1 Å². The van der Waals surface area contributed by atoms with Gasteiger partial charge in [0, 0.05) is 5.54 Å². The van der Waals surface area contributed by atoms with Crippen molar-refractivity contribution in [1.29, 1.82) is 0 Å². The average molecular weight is 345 g/mol. The molecule has 2 heteroatoms. The Kier molecular flexibility index (Phi) is 6.21. The highest BCUT2D eigenvalue weighted by Crippen LogP contribution is 2.42. The summed E-state index contributed by atoms with van der Waals surface area (Å²) in [5, 5.41) is 4.62. The van der Waals surface area contributed by atoms with Crippen LogP contribution in [0.1, 0.15) is 25.0 Å². The molecule has 1 aliphatic carbocycles. The molecule has 0 saturated carbocycles. The first-order valence-electron chi connectivity index (χ1n) is 9.14. The van der Waals surface area contributed by atoms with Crippen molar-refractivity contribution < 1.29 is 0 Å². The van der Waals surface area contributed by atoms with Crippen molar-refractivity contribution in [3.63, 3.8) is 0 Å². The van der Waals surface area contributed by atoms with Gasteiger partial charge in [0.25, 0.3) is 0 Å². The van der Waals surface area contributed by atoms with Crippen LogP contribution in [-0.4, -0.2) is 22.6 Å². The Bertz CT molecular complexity index is 750. The Labute approximate surface area is 153 Å². The van der Waals surface area contributed by atoms with E-state index in [0.29, 0.717) is 0 Å². The number of hydrogen-bond donors (Lipinski definition) is 1. The summed E-state index contributed by atoms with van der Waals surface area (Å²) < 4.78 is 0. The molecule has 127 valence electrons. The molecule has 0 fully saturated rings. The van der Waals surface area contributed by atoms with E-state index in [0.717, 1.165) is 13.1 Å². The van der Waals surface area contributed by atoms with E-state index in [4.69, 9.17) is 0 Å². The molecule has 0 spiro atoms. The van der Waals surface area contributed by atoms with Crippen LogP contribution < -0.4 is 10.5 Å². The smallest absolute Gasteiger partial charge is 0.0730 e. The SMILES string of the molecule is CCNCC.c1ccc([SiH2][C]2c3ccccc3-c3ccccc32)cc1. The van der Waals surface area contributed by atoms with Gasteiger partial charge in [-0.05, 0) is 35.3 Å². The highest BCUT2D eigenvalue weighted by atomic mass is 28.2. The highest BCUT2D eigenvalue weighted by molar-refractivity contribution is 6.62. The minimum absolute atomic E-state index is 0.436. The first kappa shape index (κ1) is 17.7. The Morgan fingerprint density at radius 1 is 0.600 bits per heavy atom. The molecule has 0 saturated heterocycles. The zero-order chi connectivity index (χ0) is 17.5. The maximum Gasteiger partial charge on any atom is 0.0730 e. The predicted octanol–water partition coefficient (Wildman–Crippen LogP) is 3.71. The van der Waals surface area contributed by atoms with Crippen LogP contribution in [-0.2, 0) is 0 Å². The van der Waals surface area contributed by atoms with Crippen LogP contribution in [0.4, 0.5) is 0 Å². The molecule has 0 unspecified atom stereocenters. The van der Waals surface area contributed by atoms with E-state index in [2.05, 4.69) is 98.0 Å². The molecule has 0 aliphatic heterocycles. The Morgan fingerprint density at radius 2 is 1.04 bits per heavy atom. The fraction of sp³-hybridized carbons (Fsp3) is 0.174. The number of fused-ring (bicyclic) bond motifs is 3. The molecular formula is C23H26NSi. The molecule has 4 rings (SSSR count). The lowest BCUT2D eigenvalue weighted by Crippen LogP contribution is -2.21. The second kappa shape index (κ2) is 8.79. The van der Waals surface area contributed by atoms with Gasteiger partial charge in [-0.1, -0.05) is 97.9 Å². The van der Waals surface area contributed by atoms with Gasteiger partial charge in [0.05, 0.1) is 9.52 Å². The van der Waals surface area contributed by atoms with Crippen molar-refractivity contribution in [1.82, 2.24) is 5.32 Å².